The van der Waals surface area contributed by atoms with Crippen molar-refractivity contribution in [3.63, 3.8) is 0 Å². The molecule has 0 unspecified atom stereocenters. The van der Waals surface area contributed by atoms with Crippen molar-refractivity contribution in [3.8, 4) is 11.5 Å². The molecule has 0 aromatic heterocycles. The van der Waals surface area contributed by atoms with Gasteiger partial charge in [0.05, 0.1) is 25.3 Å². The summed E-state index contributed by atoms with van der Waals surface area (Å²) in [6.45, 7) is 1.47. The summed E-state index contributed by atoms with van der Waals surface area (Å²) < 4.78 is 10.9. The molecule has 4 aromatic rings. The van der Waals surface area contributed by atoms with Crippen molar-refractivity contribution in [3.05, 3.63) is 131 Å². The van der Waals surface area contributed by atoms with Gasteiger partial charge in [-0.2, -0.15) is 0 Å². The molecule has 0 aliphatic rings. The Labute approximate surface area is 224 Å². The second-order valence-electron chi connectivity index (χ2n) is 8.83. The number of benzene rings is 4. The first kappa shape index (κ1) is 26.5. The quantitative estimate of drug-likeness (QED) is 0.261. The summed E-state index contributed by atoms with van der Waals surface area (Å²) in [5, 5.41) is 0. The van der Waals surface area contributed by atoms with Crippen molar-refractivity contribution < 1.29 is 19.1 Å². The molecule has 0 fully saturated rings. The number of carbonyl (C=O) groups is 2. The average molecular weight is 509 g/mol. The van der Waals surface area contributed by atoms with Crippen molar-refractivity contribution in [1.82, 2.24) is 9.80 Å². The van der Waals surface area contributed by atoms with Crippen LogP contribution in [0.5, 0.6) is 11.5 Å². The average Bonchev–Trinajstić information content (AvgIpc) is 2.98. The molecule has 0 heterocycles. The van der Waals surface area contributed by atoms with Crippen molar-refractivity contribution in [2.24, 2.45) is 0 Å². The van der Waals surface area contributed by atoms with Crippen molar-refractivity contribution in [2.75, 3.05) is 27.3 Å². The molecule has 0 aliphatic heterocycles. The van der Waals surface area contributed by atoms with E-state index in [9.17, 15) is 9.59 Å². The highest BCUT2D eigenvalue weighted by atomic mass is 16.5. The molecule has 0 saturated carbocycles. The SMILES string of the molecule is COc1ccccc1C(=O)N(CCN(Cc1ccccc1)C(=O)c1ccccc1OC)Cc1ccccc1. The lowest BCUT2D eigenvalue weighted by Crippen LogP contribution is -2.40. The molecule has 0 saturated heterocycles. The number of carbonyl (C=O) groups excluding carboxylic acids is 2. The van der Waals surface area contributed by atoms with E-state index in [2.05, 4.69) is 0 Å². The van der Waals surface area contributed by atoms with Gasteiger partial charge < -0.3 is 19.3 Å². The Morgan fingerprint density at radius 3 is 1.24 bits per heavy atom. The number of amides is 2. The van der Waals surface area contributed by atoms with E-state index in [1.165, 1.54) is 0 Å². The Kier molecular flexibility index (Phi) is 9.13. The highest BCUT2D eigenvalue weighted by Crippen LogP contribution is 2.23. The lowest BCUT2D eigenvalue weighted by Gasteiger charge is -2.29. The van der Waals surface area contributed by atoms with Crippen LogP contribution in [0.2, 0.25) is 0 Å². The summed E-state index contributed by atoms with van der Waals surface area (Å²) in [5.74, 6) is 0.718. The van der Waals surface area contributed by atoms with E-state index >= 15 is 0 Å². The molecule has 2 amide bonds. The van der Waals surface area contributed by atoms with E-state index < -0.39 is 0 Å². The van der Waals surface area contributed by atoms with Crippen LogP contribution in [-0.4, -0.2) is 48.9 Å². The second kappa shape index (κ2) is 13.1. The first-order chi connectivity index (χ1) is 18.6. The minimum absolute atomic E-state index is 0.157. The van der Waals surface area contributed by atoms with Gasteiger partial charge in [0, 0.05) is 26.2 Å². The van der Waals surface area contributed by atoms with E-state index in [-0.39, 0.29) is 11.8 Å². The molecule has 6 nitrogen and oxygen atoms in total. The van der Waals surface area contributed by atoms with Crippen LogP contribution in [0.3, 0.4) is 0 Å². The number of hydrogen-bond acceptors (Lipinski definition) is 4. The van der Waals surface area contributed by atoms with Gasteiger partial charge >= 0.3 is 0 Å². The molecule has 4 aromatic carbocycles. The molecular formula is C32H32N2O4. The Bertz CT molecular complexity index is 1240. The zero-order chi connectivity index (χ0) is 26.7. The highest BCUT2D eigenvalue weighted by Gasteiger charge is 2.24. The first-order valence-corrected chi connectivity index (χ1v) is 12.5. The largest absolute Gasteiger partial charge is 0.496 e. The van der Waals surface area contributed by atoms with Gasteiger partial charge in [-0.3, -0.25) is 9.59 Å². The summed E-state index contributed by atoms with van der Waals surface area (Å²) in [7, 11) is 3.11. The Morgan fingerprint density at radius 2 is 0.868 bits per heavy atom. The van der Waals surface area contributed by atoms with Gasteiger partial charge in [-0.15, -0.1) is 0 Å². The Balaban J connectivity index is 1.63. The maximum Gasteiger partial charge on any atom is 0.257 e. The van der Waals surface area contributed by atoms with Crippen molar-refractivity contribution in [1.29, 1.82) is 0 Å². The molecule has 0 aliphatic carbocycles. The van der Waals surface area contributed by atoms with Crippen LogP contribution >= 0.6 is 0 Å². The van der Waals surface area contributed by atoms with Gasteiger partial charge in [-0.1, -0.05) is 84.9 Å². The highest BCUT2D eigenvalue weighted by molar-refractivity contribution is 5.98. The number of nitrogens with zero attached hydrogens (tertiary/aromatic N) is 2. The van der Waals surface area contributed by atoms with Gasteiger partial charge in [-0.05, 0) is 35.4 Å². The summed E-state index contributed by atoms with van der Waals surface area (Å²) in [6.07, 6.45) is 0. The summed E-state index contributed by atoms with van der Waals surface area (Å²) in [6, 6.07) is 34.1. The smallest absolute Gasteiger partial charge is 0.257 e. The fourth-order valence-corrected chi connectivity index (χ4v) is 4.34. The minimum Gasteiger partial charge on any atom is -0.496 e. The molecule has 6 heteroatoms. The van der Waals surface area contributed by atoms with Crippen LogP contribution < -0.4 is 9.47 Å². The molecule has 194 valence electrons. The van der Waals surface area contributed by atoms with E-state index in [1.807, 2.05) is 84.9 Å². The summed E-state index contributed by atoms with van der Waals surface area (Å²) >= 11 is 0. The third kappa shape index (κ3) is 6.59. The standard InChI is InChI=1S/C32H32N2O4/c1-37-29-19-11-9-17-27(29)31(35)33(23-25-13-5-3-6-14-25)21-22-34(24-26-15-7-4-8-16-26)32(36)28-18-10-12-20-30(28)38-2/h3-20H,21-24H2,1-2H3. The van der Waals surface area contributed by atoms with Crippen LogP contribution in [-0.2, 0) is 13.1 Å². The number of para-hydroxylation sites is 2. The fourth-order valence-electron chi connectivity index (χ4n) is 4.34. The molecular weight excluding hydrogens is 476 g/mol. The lowest BCUT2D eigenvalue weighted by atomic mass is 10.1. The monoisotopic (exact) mass is 508 g/mol. The molecule has 0 bridgehead atoms. The Morgan fingerprint density at radius 1 is 0.526 bits per heavy atom. The van der Waals surface area contributed by atoms with E-state index in [0.717, 1.165) is 11.1 Å². The number of ether oxygens (including phenoxy) is 2. The summed E-state index contributed by atoms with van der Waals surface area (Å²) in [4.78, 5) is 31.1. The molecule has 4 rings (SSSR count). The van der Waals surface area contributed by atoms with Crippen LogP contribution in [0, 0.1) is 0 Å². The molecule has 38 heavy (non-hydrogen) atoms. The van der Waals surface area contributed by atoms with Gasteiger partial charge in [0.1, 0.15) is 11.5 Å². The predicted molar refractivity (Wildman–Crippen MR) is 148 cm³/mol. The van der Waals surface area contributed by atoms with Crippen molar-refractivity contribution in [2.45, 2.75) is 13.1 Å². The fraction of sp³-hybridized carbons (Fsp3) is 0.188. The van der Waals surface area contributed by atoms with Crippen molar-refractivity contribution >= 4 is 11.8 Å². The zero-order valence-electron chi connectivity index (χ0n) is 21.7. The predicted octanol–water partition coefficient (Wildman–Crippen LogP) is 5.69. The van der Waals surface area contributed by atoms with Gasteiger partial charge in [0.2, 0.25) is 0 Å². The third-order valence-corrected chi connectivity index (χ3v) is 6.32. The van der Waals surface area contributed by atoms with Gasteiger partial charge in [-0.25, -0.2) is 0 Å². The van der Waals surface area contributed by atoms with Crippen LogP contribution in [0.1, 0.15) is 31.8 Å². The molecule has 0 N–H and O–H groups in total. The molecule has 0 spiro atoms. The summed E-state index contributed by atoms with van der Waals surface area (Å²) in [5.41, 5.74) is 2.97. The maximum atomic E-state index is 13.8. The molecule has 0 atom stereocenters. The van der Waals surface area contributed by atoms with Gasteiger partial charge in [0.15, 0.2) is 0 Å². The number of rotatable bonds is 11. The zero-order valence-corrected chi connectivity index (χ0v) is 21.7. The number of hydrogen-bond donors (Lipinski definition) is 0. The third-order valence-electron chi connectivity index (χ3n) is 6.32. The van der Waals surface area contributed by atoms with Crippen LogP contribution in [0.25, 0.3) is 0 Å². The first-order valence-electron chi connectivity index (χ1n) is 12.5. The normalized spacial score (nSPS) is 10.5. The Hall–Kier alpha value is -4.58. The maximum absolute atomic E-state index is 13.8. The lowest BCUT2D eigenvalue weighted by molar-refractivity contribution is 0.0641. The number of methoxy groups -OCH3 is 2. The van der Waals surface area contributed by atoms with Gasteiger partial charge in [0.25, 0.3) is 11.8 Å². The molecule has 0 radical (unpaired) electrons. The van der Waals surface area contributed by atoms with E-state index in [4.69, 9.17) is 9.47 Å². The van der Waals surface area contributed by atoms with Crippen LogP contribution in [0.15, 0.2) is 109 Å². The van der Waals surface area contributed by atoms with Crippen LogP contribution in [0.4, 0.5) is 0 Å². The van der Waals surface area contributed by atoms with E-state index in [1.54, 1.807) is 48.3 Å². The van der Waals surface area contributed by atoms with E-state index in [0.29, 0.717) is 48.8 Å². The topological polar surface area (TPSA) is 59.1 Å². The second-order valence-corrected chi connectivity index (χ2v) is 8.83. The minimum atomic E-state index is -0.157.